The molecule has 0 amide bonds. The molecule has 0 aliphatic heterocycles. The van der Waals surface area contributed by atoms with Gasteiger partial charge < -0.3 is 9.84 Å². The van der Waals surface area contributed by atoms with Crippen molar-refractivity contribution >= 4 is 17.5 Å². The van der Waals surface area contributed by atoms with Gasteiger partial charge in [-0.3, -0.25) is 4.79 Å². The number of aromatic nitrogens is 4. The van der Waals surface area contributed by atoms with Gasteiger partial charge in [0.1, 0.15) is 18.1 Å². The number of aromatic amines is 1. The fraction of sp³-hybridized carbons (Fsp3) is 0.200. The molecule has 0 saturated carbocycles. The first kappa shape index (κ1) is 22.5. The van der Waals surface area contributed by atoms with Crippen molar-refractivity contribution in [2.24, 2.45) is 0 Å². The van der Waals surface area contributed by atoms with Gasteiger partial charge in [0, 0.05) is 26.5 Å². The Kier molecular flexibility index (Phi) is 7.04. The lowest BCUT2D eigenvalue weighted by atomic mass is 10.0. The number of aromatic hydroxyl groups is 1. The number of rotatable bonds is 9. The minimum absolute atomic E-state index is 0.0196. The number of nitrogens with one attached hydrogen (secondary N) is 1. The molecule has 3 aromatic carbocycles. The van der Waals surface area contributed by atoms with Crippen LogP contribution >= 0.6 is 11.8 Å². The fourth-order valence-corrected chi connectivity index (χ4v) is 4.42. The van der Waals surface area contributed by atoms with Gasteiger partial charge in [0.25, 0.3) is 0 Å². The van der Waals surface area contributed by atoms with E-state index in [0.717, 1.165) is 27.3 Å². The van der Waals surface area contributed by atoms with Crippen LogP contribution in [0.3, 0.4) is 0 Å². The van der Waals surface area contributed by atoms with Crippen LogP contribution in [0.1, 0.15) is 41.8 Å². The van der Waals surface area contributed by atoms with Crippen LogP contribution in [0.25, 0.3) is 11.4 Å². The van der Waals surface area contributed by atoms with E-state index < -0.39 is 0 Å². The van der Waals surface area contributed by atoms with Crippen molar-refractivity contribution in [3.63, 3.8) is 0 Å². The zero-order valence-electron chi connectivity index (χ0n) is 18.4. The summed E-state index contributed by atoms with van der Waals surface area (Å²) in [7, 11) is 0. The Labute approximate surface area is 196 Å². The number of Topliss-reactive ketones (excluding diaryl/α,β-unsaturated/α-hetero) is 1. The highest BCUT2D eigenvalue weighted by atomic mass is 32.2. The molecule has 1 aromatic heterocycles. The largest absolute Gasteiger partial charge is 0.507 e. The normalized spacial score (nSPS) is 10.8. The summed E-state index contributed by atoms with van der Waals surface area (Å²) < 4.78 is 6.13. The van der Waals surface area contributed by atoms with Crippen LogP contribution in [0.5, 0.6) is 11.5 Å². The molecule has 0 aliphatic carbocycles. The van der Waals surface area contributed by atoms with Gasteiger partial charge in [-0.2, -0.15) is 5.21 Å². The molecule has 0 saturated heterocycles. The van der Waals surface area contributed by atoms with E-state index in [0.29, 0.717) is 35.7 Å². The number of carbonyl (C=O) groups is 1. The van der Waals surface area contributed by atoms with Crippen molar-refractivity contribution in [1.29, 1.82) is 0 Å². The standard InChI is InChI=1S/C25H24N4O3S/c1-3-6-21-22(14-13-20(16(2)30)24(21)31)32-15-18-7-4-5-8-23(18)33-19-11-9-17(10-12-19)25-26-28-29-27-25/h4-5,7-14,31H,3,6,15H2,1-2H3,(H,26,27,28,29). The maximum absolute atomic E-state index is 11.8. The van der Waals surface area contributed by atoms with Crippen LogP contribution in [-0.4, -0.2) is 31.5 Å². The maximum atomic E-state index is 11.8. The number of H-pyrrole nitrogens is 1. The molecule has 1 heterocycles. The minimum atomic E-state index is -0.163. The van der Waals surface area contributed by atoms with Crippen LogP contribution < -0.4 is 4.74 Å². The molecule has 0 aliphatic rings. The summed E-state index contributed by atoms with van der Waals surface area (Å²) >= 11 is 1.64. The summed E-state index contributed by atoms with van der Waals surface area (Å²) in [5, 5.41) is 24.6. The van der Waals surface area contributed by atoms with Crippen molar-refractivity contribution in [2.75, 3.05) is 0 Å². The third kappa shape index (κ3) is 5.23. The van der Waals surface area contributed by atoms with Crippen LogP contribution in [-0.2, 0) is 13.0 Å². The molecule has 0 bridgehead atoms. The van der Waals surface area contributed by atoms with E-state index in [9.17, 15) is 9.90 Å². The molecule has 33 heavy (non-hydrogen) atoms. The Bertz CT molecular complexity index is 1240. The van der Waals surface area contributed by atoms with Crippen LogP contribution in [0.15, 0.2) is 70.5 Å². The lowest BCUT2D eigenvalue weighted by Crippen LogP contribution is -2.03. The summed E-state index contributed by atoms with van der Waals surface area (Å²) in [4.78, 5) is 14.0. The molecule has 0 radical (unpaired) electrons. The summed E-state index contributed by atoms with van der Waals surface area (Å²) in [5.74, 6) is 1.01. The lowest BCUT2D eigenvalue weighted by Gasteiger charge is -2.16. The van der Waals surface area contributed by atoms with Gasteiger partial charge in [-0.25, -0.2) is 0 Å². The zero-order valence-corrected chi connectivity index (χ0v) is 19.2. The zero-order chi connectivity index (χ0) is 23.2. The molecule has 7 nitrogen and oxygen atoms in total. The Morgan fingerprint density at radius 2 is 1.88 bits per heavy atom. The molecule has 0 spiro atoms. The number of tetrazole rings is 1. The number of ether oxygens (including phenoxy) is 1. The summed E-state index contributed by atoms with van der Waals surface area (Å²) in [6.07, 6.45) is 1.46. The Balaban J connectivity index is 1.52. The van der Waals surface area contributed by atoms with Gasteiger partial charge in [-0.15, -0.1) is 10.2 Å². The second-order valence-electron chi connectivity index (χ2n) is 7.50. The average molecular weight is 461 g/mol. The van der Waals surface area contributed by atoms with Crippen LogP contribution in [0.4, 0.5) is 0 Å². The van der Waals surface area contributed by atoms with Crippen molar-refractivity contribution in [2.45, 2.75) is 43.1 Å². The van der Waals surface area contributed by atoms with Gasteiger partial charge in [0.15, 0.2) is 5.78 Å². The molecule has 168 valence electrons. The number of hydrogen-bond acceptors (Lipinski definition) is 7. The number of ketones is 1. The van der Waals surface area contributed by atoms with E-state index in [1.54, 1.807) is 23.9 Å². The van der Waals surface area contributed by atoms with Crippen molar-refractivity contribution in [1.82, 2.24) is 20.6 Å². The molecule has 0 fully saturated rings. The highest BCUT2D eigenvalue weighted by Crippen LogP contribution is 2.35. The minimum Gasteiger partial charge on any atom is -0.507 e. The van der Waals surface area contributed by atoms with Gasteiger partial charge in [-0.05, 0) is 61.0 Å². The molecule has 0 atom stereocenters. The van der Waals surface area contributed by atoms with Gasteiger partial charge >= 0.3 is 0 Å². The summed E-state index contributed by atoms with van der Waals surface area (Å²) in [6, 6.07) is 19.4. The molecule has 4 rings (SSSR count). The highest BCUT2D eigenvalue weighted by molar-refractivity contribution is 7.99. The predicted octanol–water partition coefficient (Wildman–Crippen LogP) is 5.46. The summed E-state index contributed by atoms with van der Waals surface area (Å²) in [5.41, 5.74) is 2.92. The van der Waals surface area contributed by atoms with E-state index >= 15 is 0 Å². The van der Waals surface area contributed by atoms with Gasteiger partial charge in [0.05, 0.1) is 5.56 Å². The first-order chi connectivity index (χ1) is 16.1. The van der Waals surface area contributed by atoms with E-state index in [-0.39, 0.29) is 11.5 Å². The van der Waals surface area contributed by atoms with Crippen molar-refractivity contribution in [3.8, 4) is 22.9 Å². The first-order valence-corrected chi connectivity index (χ1v) is 11.5. The van der Waals surface area contributed by atoms with Crippen molar-refractivity contribution < 1.29 is 14.6 Å². The lowest BCUT2D eigenvalue weighted by molar-refractivity contribution is 0.101. The highest BCUT2D eigenvalue weighted by Gasteiger charge is 2.16. The SMILES string of the molecule is CCCc1c(OCc2ccccc2Sc2ccc(-c3nn[nH]n3)cc2)ccc(C(C)=O)c1O. The van der Waals surface area contributed by atoms with E-state index in [1.807, 2.05) is 49.4 Å². The quantitative estimate of drug-likeness (QED) is 0.320. The molecule has 2 N–H and O–H groups in total. The molecule has 0 unspecified atom stereocenters. The van der Waals surface area contributed by atoms with Gasteiger partial charge in [-0.1, -0.05) is 43.3 Å². The number of phenols is 1. The topological polar surface area (TPSA) is 101 Å². The third-order valence-electron chi connectivity index (χ3n) is 5.16. The third-order valence-corrected chi connectivity index (χ3v) is 6.29. The second-order valence-corrected chi connectivity index (χ2v) is 8.62. The Morgan fingerprint density at radius 1 is 1.09 bits per heavy atom. The molecular weight excluding hydrogens is 436 g/mol. The number of hydrogen-bond donors (Lipinski definition) is 2. The van der Waals surface area contributed by atoms with Crippen LogP contribution in [0, 0.1) is 0 Å². The smallest absolute Gasteiger partial charge is 0.204 e. The number of benzene rings is 3. The van der Waals surface area contributed by atoms with Crippen molar-refractivity contribution in [3.05, 3.63) is 77.4 Å². The van der Waals surface area contributed by atoms with E-state index in [2.05, 4.69) is 26.7 Å². The monoisotopic (exact) mass is 460 g/mol. The number of phenolic OH excluding ortho intramolecular Hbond substituents is 1. The second kappa shape index (κ2) is 10.3. The molecule has 4 aromatic rings. The Hall–Kier alpha value is -3.65. The maximum Gasteiger partial charge on any atom is 0.204 e. The van der Waals surface area contributed by atoms with E-state index in [1.165, 1.54) is 6.92 Å². The number of carbonyl (C=O) groups excluding carboxylic acids is 1. The fourth-order valence-electron chi connectivity index (χ4n) is 3.49. The predicted molar refractivity (Wildman–Crippen MR) is 127 cm³/mol. The van der Waals surface area contributed by atoms with Gasteiger partial charge in [0.2, 0.25) is 5.82 Å². The van der Waals surface area contributed by atoms with Crippen LogP contribution in [0.2, 0.25) is 0 Å². The number of nitrogens with zero attached hydrogens (tertiary/aromatic N) is 3. The molecule has 8 heteroatoms. The summed E-state index contributed by atoms with van der Waals surface area (Å²) in [6.45, 7) is 3.83. The first-order valence-electron chi connectivity index (χ1n) is 10.6. The average Bonchev–Trinajstić information content (AvgIpc) is 3.36. The molecular formula is C25H24N4O3S. The Morgan fingerprint density at radius 3 is 2.58 bits per heavy atom. The van der Waals surface area contributed by atoms with E-state index in [4.69, 9.17) is 4.74 Å².